The van der Waals surface area contributed by atoms with Crippen molar-refractivity contribution in [2.75, 3.05) is 31.5 Å². The third kappa shape index (κ3) is 6.23. The highest BCUT2D eigenvalue weighted by Gasteiger charge is 2.22. The molecule has 0 saturated carbocycles. The van der Waals surface area contributed by atoms with Gasteiger partial charge in [-0.1, -0.05) is 0 Å². The van der Waals surface area contributed by atoms with Crippen LogP contribution in [0.3, 0.4) is 0 Å². The van der Waals surface area contributed by atoms with Crippen LogP contribution in [0.25, 0.3) is 0 Å². The van der Waals surface area contributed by atoms with Crippen molar-refractivity contribution < 1.29 is 9.59 Å². The van der Waals surface area contributed by atoms with E-state index in [0.717, 1.165) is 45.3 Å². The average Bonchev–Trinajstić information content (AvgIpc) is 2.56. The van der Waals surface area contributed by atoms with Crippen LogP contribution in [-0.2, 0) is 4.79 Å². The molecular weight excluding hydrogens is 294 g/mol. The van der Waals surface area contributed by atoms with Gasteiger partial charge in [-0.3, -0.25) is 9.78 Å². The number of amides is 3. The Labute approximate surface area is 136 Å². The van der Waals surface area contributed by atoms with E-state index in [-0.39, 0.29) is 17.9 Å². The molecule has 1 aliphatic rings. The number of rotatable bonds is 7. The fourth-order valence-corrected chi connectivity index (χ4v) is 2.72. The van der Waals surface area contributed by atoms with Crippen LogP contribution in [0.1, 0.15) is 25.7 Å². The van der Waals surface area contributed by atoms with Crippen LogP contribution in [0.2, 0.25) is 0 Å². The molecule has 0 radical (unpaired) electrons. The van der Waals surface area contributed by atoms with Crippen LogP contribution >= 0.6 is 0 Å². The van der Waals surface area contributed by atoms with Crippen molar-refractivity contribution in [1.29, 1.82) is 0 Å². The summed E-state index contributed by atoms with van der Waals surface area (Å²) in [6.07, 6.45) is 6.94. The number of urea groups is 1. The third-order valence-corrected chi connectivity index (χ3v) is 4.10. The summed E-state index contributed by atoms with van der Waals surface area (Å²) in [5, 5.41) is 5.56. The van der Waals surface area contributed by atoms with Gasteiger partial charge >= 0.3 is 6.03 Å². The summed E-state index contributed by atoms with van der Waals surface area (Å²) in [6.45, 7) is 3.51. The first-order chi connectivity index (χ1) is 11.1. The van der Waals surface area contributed by atoms with Gasteiger partial charge in [-0.05, 0) is 57.5 Å². The van der Waals surface area contributed by atoms with E-state index in [1.54, 1.807) is 24.5 Å². The number of piperidine rings is 1. The number of pyridine rings is 1. The van der Waals surface area contributed by atoms with Gasteiger partial charge < -0.3 is 21.3 Å². The zero-order chi connectivity index (χ0) is 16.5. The van der Waals surface area contributed by atoms with Crippen LogP contribution in [0.5, 0.6) is 0 Å². The average molecular weight is 319 g/mol. The van der Waals surface area contributed by atoms with Gasteiger partial charge in [0.2, 0.25) is 5.91 Å². The normalized spacial score (nSPS) is 16.0. The first kappa shape index (κ1) is 17.2. The Kier molecular flexibility index (Phi) is 6.80. The zero-order valence-corrected chi connectivity index (χ0v) is 13.3. The van der Waals surface area contributed by atoms with Crippen molar-refractivity contribution in [3.63, 3.8) is 0 Å². The van der Waals surface area contributed by atoms with Crippen LogP contribution in [0.4, 0.5) is 10.5 Å². The molecule has 23 heavy (non-hydrogen) atoms. The molecule has 1 saturated heterocycles. The molecule has 0 aromatic carbocycles. The summed E-state index contributed by atoms with van der Waals surface area (Å²) in [5.74, 6) is -0.127. The van der Waals surface area contributed by atoms with Gasteiger partial charge in [0.1, 0.15) is 0 Å². The second-order valence-electron chi connectivity index (χ2n) is 5.85. The summed E-state index contributed by atoms with van der Waals surface area (Å²) in [5.41, 5.74) is 6.01. The molecule has 0 spiro atoms. The third-order valence-electron chi connectivity index (χ3n) is 4.10. The van der Waals surface area contributed by atoms with Crippen molar-refractivity contribution in [3.05, 3.63) is 24.5 Å². The number of aromatic nitrogens is 1. The standard InChI is InChI=1S/C16H25N5O2/c17-15(22)13-5-10-21(11-6-13)9-2-1-8-19-16(23)20-14-4-3-7-18-12-14/h3-4,7,12-13H,1-2,5-6,8-11H2,(H2,17,22)(H2,19,20,23). The number of nitrogens with one attached hydrogen (secondary N) is 2. The maximum atomic E-state index is 11.7. The topological polar surface area (TPSA) is 100 Å². The molecule has 126 valence electrons. The number of carbonyl (C=O) groups is 2. The molecule has 0 aliphatic carbocycles. The molecule has 7 nitrogen and oxygen atoms in total. The maximum Gasteiger partial charge on any atom is 0.319 e. The summed E-state index contributed by atoms with van der Waals surface area (Å²) >= 11 is 0. The number of unbranched alkanes of at least 4 members (excludes halogenated alkanes) is 1. The molecule has 2 heterocycles. The molecule has 1 aromatic heterocycles. The Balaban J connectivity index is 1.51. The van der Waals surface area contributed by atoms with Crippen LogP contribution in [-0.4, -0.2) is 48.0 Å². The van der Waals surface area contributed by atoms with Crippen molar-refractivity contribution in [3.8, 4) is 0 Å². The number of hydrogen-bond donors (Lipinski definition) is 3. The minimum absolute atomic E-state index is 0.0455. The lowest BCUT2D eigenvalue weighted by molar-refractivity contribution is -0.123. The van der Waals surface area contributed by atoms with Gasteiger partial charge in [0.25, 0.3) is 0 Å². The Morgan fingerprint density at radius 1 is 1.30 bits per heavy atom. The molecule has 3 amide bonds. The van der Waals surface area contributed by atoms with Gasteiger partial charge in [-0.25, -0.2) is 4.79 Å². The van der Waals surface area contributed by atoms with Gasteiger partial charge in [0.05, 0.1) is 11.9 Å². The summed E-state index contributed by atoms with van der Waals surface area (Å²) < 4.78 is 0. The minimum atomic E-state index is -0.208. The smallest absolute Gasteiger partial charge is 0.319 e. The number of hydrogen-bond acceptors (Lipinski definition) is 4. The fourth-order valence-electron chi connectivity index (χ4n) is 2.72. The van der Waals surface area contributed by atoms with E-state index in [1.807, 2.05) is 0 Å². The predicted octanol–water partition coefficient (Wildman–Crippen LogP) is 1.18. The van der Waals surface area contributed by atoms with E-state index < -0.39 is 0 Å². The highest BCUT2D eigenvalue weighted by Crippen LogP contribution is 2.16. The summed E-state index contributed by atoms with van der Waals surface area (Å²) in [4.78, 5) is 29.1. The Hall–Kier alpha value is -2.15. The van der Waals surface area contributed by atoms with Gasteiger partial charge in [0.15, 0.2) is 0 Å². The van der Waals surface area contributed by atoms with E-state index in [2.05, 4.69) is 20.5 Å². The number of primary amides is 1. The largest absolute Gasteiger partial charge is 0.369 e. The molecule has 4 N–H and O–H groups in total. The van der Waals surface area contributed by atoms with E-state index in [4.69, 9.17) is 5.73 Å². The highest BCUT2D eigenvalue weighted by molar-refractivity contribution is 5.88. The Bertz CT molecular complexity index is 500. The number of anilines is 1. The van der Waals surface area contributed by atoms with Gasteiger partial charge in [-0.15, -0.1) is 0 Å². The lowest BCUT2D eigenvalue weighted by Gasteiger charge is -2.30. The first-order valence-electron chi connectivity index (χ1n) is 8.11. The SMILES string of the molecule is NC(=O)C1CCN(CCCCNC(=O)Nc2cccnc2)CC1. The lowest BCUT2D eigenvalue weighted by atomic mass is 9.96. The Morgan fingerprint density at radius 2 is 2.09 bits per heavy atom. The minimum Gasteiger partial charge on any atom is -0.369 e. The number of likely N-dealkylation sites (tertiary alicyclic amines) is 1. The van der Waals surface area contributed by atoms with Crippen molar-refractivity contribution in [2.45, 2.75) is 25.7 Å². The highest BCUT2D eigenvalue weighted by atomic mass is 16.2. The molecule has 1 fully saturated rings. The number of nitrogens with zero attached hydrogens (tertiary/aromatic N) is 2. The second kappa shape index (κ2) is 9.09. The van der Waals surface area contributed by atoms with Crippen molar-refractivity contribution in [1.82, 2.24) is 15.2 Å². The van der Waals surface area contributed by atoms with Crippen LogP contribution in [0.15, 0.2) is 24.5 Å². The quantitative estimate of drug-likeness (QED) is 0.657. The first-order valence-corrected chi connectivity index (χ1v) is 8.11. The monoisotopic (exact) mass is 319 g/mol. The lowest BCUT2D eigenvalue weighted by Crippen LogP contribution is -2.39. The molecular formula is C16H25N5O2. The van der Waals surface area contributed by atoms with E-state index >= 15 is 0 Å². The van der Waals surface area contributed by atoms with Gasteiger partial charge in [-0.2, -0.15) is 0 Å². The molecule has 7 heteroatoms. The molecule has 2 rings (SSSR count). The molecule has 0 atom stereocenters. The summed E-state index contributed by atoms with van der Waals surface area (Å²) in [6, 6.07) is 3.36. The maximum absolute atomic E-state index is 11.7. The molecule has 1 aromatic rings. The number of nitrogens with two attached hydrogens (primary N) is 1. The molecule has 1 aliphatic heterocycles. The van der Waals surface area contributed by atoms with Crippen LogP contribution in [0, 0.1) is 5.92 Å². The second-order valence-corrected chi connectivity index (χ2v) is 5.85. The van der Waals surface area contributed by atoms with Crippen molar-refractivity contribution in [2.24, 2.45) is 11.7 Å². The van der Waals surface area contributed by atoms with E-state index in [1.165, 1.54) is 0 Å². The Morgan fingerprint density at radius 3 is 2.74 bits per heavy atom. The van der Waals surface area contributed by atoms with Crippen LogP contribution < -0.4 is 16.4 Å². The fraction of sp³-hybridized carbons (Fsp3) is 0.562. The predicted molar refractivity (Wildman–Crippen MR) is 88.9 cm³/mol. The van der Waals surface area contributed by atoms with Crippen molar-refractivity contribution >= 4 is 17.6 Å². The number of carbonyl (C=O) groups excluding carboxylic acids is 2. The molecule has 0 bridgehead atoms. The van der Waals surface area contributed by atoms with E-state index in [0.29, 0.717) is 12.2 Å². The molecule has 0 unspecified atom stereocenters. The van der Waals surface area contributed by atoms with Gasteiger partial charge in [0, 0.05) is 18.7 Å². The zero-order valence-electron chi connectivity index (χ0n) is 13.3. The van der Waals surface area contributed by atoms with E-state index in [9.17, 15) is 9.59 Å². The summed E-state index contributed by atoms with van der Waals surface area (Å²) in [7, 11) is 0.